The van der Waals surface area contributed by atoms with Crippen molar-refractivity contribution < 1.29 is 4.79 Å². The van der Waals surface area contributed by atoms with Crippen LogP contribution in [0.15, 0.2) is 37.3 Å². The molecule has 1 aliphatic rings. The molecule has 0 saturated heterocycles. The van der Waals surface area contributed by atoms with Gasteiger partial charge in [-0.2, -0.15) is 0 Å². The highest BCUT2D eigenvalue weighted by atomic mass is 16.1. The van der Waals surface area contributed by atoms with E-state index in [1.165, 1.54) is 6.33 Å². The Morgan fingerprint density at radius 3 is 2.42 bits per heavy atom. The zero-order chi connectivity index (χ0) is 17.9. The minimum absolute atomic E-state index is 0.207. The predicted octanol–water partition coefficient (Wildman–Crippen LogP) is 2.24. The molecule has 1 saturated carbocycles. The van der Waals surface area contributed by atoms with E-state index in [0.29, 0.717) is 28.9 Å². The highest BCUT2D eigenvalue weighted by Crippen LogP contribution is 2.39. The molecule has 0 aliphatic heterocycles. The van der Waals surface area contributed by atoms with Crippen LogP contribution in [0.2, 0.25) is 0 Å². The highest BCUT2D eigenvalue weighted by Gasteiger charge is 2.27. The van der Waals surface area contributed by atoms with Gasteiger partial charge in [0.15, 0.2) is 11.5 Å². The Labute approximate surface area is 149 Å². The standard InChI is InChI=1S/C17H16N8O/c1-10-20-6-13(7-21-10)24-17(26)15-16(23-12-4-18-9-19-5-12)22-8-14(25-15)11-2-3-11/h4-9,11H,2-3H2,1H3,(H,22,23)(H,24,26). The zero-order valence-electron chi connectivity index (χ0n) is 14.0. The second kappa shape index (κ2) is 6.79. The number of nitrogens with zero attached hydrogens (tertiary/aromatic N) is 6. The van der Waals surface area contributed by atoms with Gasteiger partial charge in [0, 0.05) is 5.92 Å². The average Bonchev–Trinajstić information content (AvgIpc) is 3.50. The summed E-state index contributed by atoms with van der Waals surface area (Å²) in [5.74, 6) is 0.970. The predicted molar refractivity (Wildman–Crippen MR) is 94.0 cm³/mol. The Morgan fingerprint density at radius 2 is 1.73 bits per heavy atom. The Morgan fingerprint density at radius 1 is 1.00 bits per heavy atom. The molecule has 26 heavy (non-hydrogen) atoms. The zero-order valence-corrected chi connectivity index (χ0v) is 14.0. The summed E-state index contributed by atoms with van der Waals surface area (Å²) in [5.41, 5.74) is 2.14. The van der Waals surface area contributed by atoms with Crippen molar-refractivity contribution >= 4 is 23.1 Å². The van der Waals surface area contributed by atoms with Crippen molar-refractivity contribution in [3.8, 4) is 0 Å². The number of hydrogen-bond acceptors (Lipinski definition) is 8. The average molecular weight is 348 g/mol. The number of anilines is 3. The summed E-state index contributed by atoms with van der Waals surface area (Å²) in [4.78, 5) is 37.7. The molecule has 0 unspecified atom stereocenters. The topological polar surface area (TPSA) is 118 Å². The molecular formula is C17H16N8O. The smallest absolute Gasteiger partial charge is 0.278 e. The van der Waals surface area contributed by atoms with Crippen LogP contribution in [0.1, 0.15) is 40.8 Å². The van der Waals surface area contributed by atoms with Gasteiger partial charge in [0.1, 0.15) is 12.2 Å². The van der Waals surface area contributed by atoms with E-state index >= 15 is 0 Å². The fourth-order valence-electron chi connectivity index (χ4n) is 2.38. The molecule has 0 aromatic carbocycles. The van der Waals surface area contributed by atoms with E-state index in [-0.39, 0.29) is 11.6 Å². The van der Waals surface area contributed by atoms with Crippen molar-refractivity contribution in [2.24, 2.45) is 0 Å². The largest absolute Gasteiger partial charge is 0.336 e. The van der Waals surface area contributed by atoms with Gasteiger partial charge in [-0.1, -0.05) is 0 Å². The molecule has 4 rings (SSSR count). The van der Waals surface area contributed by atoms with Gasteiger partial charge >= 0.3 is 0 Å². The maximum atomic E-state index is 12.8. The van der Waals surface area contributed by atoms with Gasteiger partial charge in [-0.15, -0.1) is 0 Å². The SMILES string of the molecule is Cc1ncc(NC(=O)c2nc(C3CC3)cnc2Nc2cncnc2)cn1. The van der Waals surface area contributed by atoms with Gasteiger partial charge in [0.05, 0.1) is 48.1 Å². The van der Waals surface area contributed by atoms with Crippen LogP contribution in [-0.4, -0.2) is 35.8 Å². The van der Waals surface area contributed by atoms with Crippen molar-refractivity contribution in [2.45, 2.75) is 25.7 Å². The summed E-state index contributed by atoms with van der Waals surface area (Å²) in [6, 6.07) is 0. The molecule has 1 amide bonds. The summed E-state index contributed by atoms with van der Waals surface area (Å²) in [6.07, 6.45) is 11.6. The van der Waals surface area contributed by atoms with E-state index in [1.54, 1.807) is 37.9 Å². The molecule has 0 bridgehead atoms. The normalized spacial score (nSPS) is 13.3. The van der Waals surface area contributed by atoms with Crippen LogP contribution in [0.3, 0.4) is 0 Å². The van der Waals surface area contributed by atoms with Crippen molar-refractivity contribution in [1.29, 1.82) is 0 Å². The summed E-state index contributed by atoms with van der Waals surface area (Å²) in [6.45, 7) is 1.78. The lowest BCUT2D eigenvalue weighted by Crippen LogP contribution is -2.18. The van der Waals surface area contributed by atoms with Crippen LogP contribution in [0.5, 0.6) is 0 Å². The van der Waals surface area contributed by atoms with Crippen LogP contribution in [0.4, 0.5) is 17.2 Å². The summed E-state index contributed by atoms with van der Waals surface area (Å²) in [5, 5.41) is 5.80. The molecule has 9 heteroatoms. The molecule has 1 aliphatic carbocycles. The van der Waals surface area contributed by atoms with Gasteiger partial charge in [-0.05, 0) is 19.8 Å². The fraction of sp³-hybridized carbons (Fsp3) is 0.235. The van der Waals surface area contributed by atoms with Crippen molar-refractivity contribution in [3.63, 3.8) is 0 Å². The lowest BCUT2D eigenvalue weighted by molar-refractivity contribution is 0.102. The molecule has 0 spiro atoms. The minimum Gasteiger partial charge on any atom is -0.336 e. The van der Waals surface area contributed by atoms with Gasteiger partial charge in [0.2, 0.25) is 0 Å². The molecule has 130 valence electrons. The number of nitrogens with one attached hydrogen (secondary N) is 2. The lowest BCUT2D eigenvalue weighted by Gasteiger charge is -2.11. The van der Waals surface area contributed by atoms with E-state index in [9.17, 15) is 4.79 Å². The molecule has 0 radical (unpaired) electrons. The number of hydrogen-bond donors (Lipinski definition) is 2. The van der Waals surface area contributed by atoms with E-state index in [2.05, 4.69) is 40.5 Å². The second-order valence-electron chi connectivity index (χ2n) is 5.99. The van der Waals surface area contributed by atoms with Crippen LogP contribution >= 0.6 is 0 Å². The monoisotopic (exact) mass is 348 g/mol. The molecular weight excluding hydrogens is 332 g/mol. The van der Waals surface area contributed by atoms with Crippen molar-refractivity contribution in [2.75, 3.05) is 10.6 Å². The fourth-order valence-corrected chi connectivity index (χ4v) is 2.38. The van der Waals surface area contributed by atoms with E-state index in [0.717, 1.165) is 18.5 Å². The van der Waals surface area contributed by atoms with E-state index in [4.69, 9.17) is 0 Å². The third kappa shape index (κ3) is 3.61. The van der Waals surface area contributed by atoms with Crippen molar-refractivity contribution in [1.82, 2.24) is 29.9 Å². The Bertz CT molecular complexity index is 925. The number of rotatable bonds is 5. The van der Waals surface area contributed by atoms with Crippen LogP contribution in [0.25, 0.3) is 0 Å². The molecule has 9 nitrogen and oxygen atoms in total. The molecule has 0 atom stereocenters. The van der Waals surface area contributed by atoms with Crippen LogP contribution in [-0.2, 0) is 0 Å². The Kier molecular flexibility index (Phi) is 4.18. The number of aromatic nitrogens is 6. The first-order chi connectivity index (χ1) is 12.7. The molecule has 1 fully saturated rings. The Balaban J connectivity index is 1.63. The van der Waals surface area contributed by atoms with Gasteiger partial charge in [-0.25, -0.2) is 29.9 Å². The van der Waals surface area contributed by atoms with Crippen LogP contribution in [0, 0.1) is 6.92 Å². The summed E-state index contributed by atoms with van der Waals surface area (Å²) < 4.78 is 0. The molecule has 2 N–H and O–H groups in total. The molecule has 3 aromatic heterocycles. The number of carbonyl (C=O) groups is 1. The first-order valence-electron chi connectivity index (χ1n) is 8.18. The van der Waals surface area contributed by atoms with Gasteiger partial charge in [0.25, 0.3) is 5.91 Å². The quantitative estimate of drug-likeness (QED) is 0.720. The summed E-state index contributed by atoms with van der Waals surface area (Å²) in [7, 11) is 0. The van der Waals surface area contributed by atoms with E-state index in [1.807, 2.05) is 0 Å². The lowest BCUT2D eigenvalue weighted by atomic mass is 10.2. The maximum absolute atomic E-state index is 12.8. The van der Waals surface area contributed by atoms with E-state index < -0.39 is 0 Å². The number of carbonyl (C=O) groups excluding carboxylic acids is 1. The first-order valence-corrected chi connectivity index (χ1v) is 8.18. The molecule has 3 heterocycles. The van der Waals surface area contributed by atoms with Crippen molar-refractivity contribution in [3.05, 3.63) is 54.5 Å². The first kappa shape index (κ1) is 16.0. The highest BCUT2D eigenvalue weighted by molar-refractivity contribution is 6.06. The Hall–Kier alpha value is -3.49. The number of aryl methyl sites for hydroxylation is 1. The third-order valence-corrected chi connectivity index (χ3v) is 3.86. The maximum Gasteiger partial charge on any atom is 0.278 e. The molecule has 3 aromatic rings. The summed E-state index contributed by atoms with van der Waals surface area (Å²) >= 11 is 0. The number of amides is 1. The second-order valence-corrected chi connectivity index (χ2v) is 5.99. The minimum atomic E-state index is -0.383. The van der Waals surface area contributed by atoms with Gasteiger partial charge < -0.3 is 10.6 Å². The third-order valence-electron chi connectivity index (χ3n) is 3.86. The van der Waals surface area contributed by atoms with Crippen LogP contribution < -0.4 is 10.6 Å². The van der Waals surface area contributed by atoms with Gasteiger partial charge in [-0.3, -0.25) is 4.79 Å².